The van der Waals surface area contributed by atoms with E-state index in [0.29, 0.717) is 11.8 Å². The molecule has 1 aromatic rings. The first kappa shape index (κ1) is 12.0. The third-order valence-electron chi connectivity index (χ3n) is 6.29. The predicted octanol–water partition coefficient (Wildman–Crippen LogP) is 3.72. The van der Waals surface area contributed by atoms with Crippen LogP contribution in [-0.4, -0.2) is 10.7 Å². The van der Waals surface area contributed by atoms with Crippen molar-refractivity contribution >= 4 is 0 Å². The van der Waals surface area contributed by atoms with Crippen molar-refractivity contribution < 1.29 is 5.11 Å². The van der Waals surface area contributed by atoms with Gasteiger partial charge in [-0.2, -0.15) is 0 Å². The minimum atomic E-state index is -0.403. The fraction of sp³-hybridized carbons (Fsp3) is 0.667. The second-order valence-corrected chi connectivity index (χ2v) is 7.40. The van der Waals surface area contributed by atoms with E-state index >= 15 is 0 Å². The monoisotopic (exact) mass is 256 g/mol. The standard InChI is InChI=1S/C18H24O/c1-12-4-2-3-5-15(12)11-18(19)16-7-13-6-14(9-16)10-17(18)8-13/h2-5,13-14,16-17,19H,6-11H2,1H3. The van der Waals surface area contributed by atoms with E-state index < -0.39 is 5.60 Å². The quantitative estimate of drug-likeness (QED) is 0.855. The van der Waals surface area contributed by atoms with Gasteiger partial charge in [0.2, 0.25) is 0 Å². The van der Waals surface area contributed by atoms with Gasteiger partial charge in [-0.1, -0.05) is 24.3 Å². The topological polar surface area (TPSA) is 20.2 Å². The van der Waals surface area contributed by atoms with Gasteiger partial charge in [0.1, 0.15) is 0 Å². The van der Waals surface area contributed by atoms with Crippen LogP contribution in [0.2, 0.25) is 0 Å². The SMILES string of the molecule is Cc1ccccc1CC1(O)C2CC3CC(C2)CC1C3. The van der Waals surface area contributed by atoms with E-state index in [4.69, 9.17) is 0 Å². The predicted molar refractivity (Wildman–Crippen MR) is 76.9 cm³/mol. The fourth-order valence-electron chi connectivity index (χ4n) is 5.40. The van der Waals surface area contributed by atoms with Crippen LogP contribution < -0.4 is 0 Å². The number of hydrogen-bond acceptors (Lipinski definition) is 1. The summed E-state index contributed by atoms with van der Waals surface area (Å²) in [6, 6.07) is 8.59. The highest BCUT2D eigenvalue weighted by molar-refractivity contribution is 5.28. The van der Waals surface area contributed by atoms with Crippen molar-refractivity contribution in [2.24, 2.45) is 23.7 Å². The van der Waals surface area contributed by atoms with E-state index in [0.717, 1.165) is 18.3 Å². The Bertz CT molecular complexity index is 462. The lowest BCUT2D eigenvalue weighted by Gasteiger charge is -2.59. The molecule has 1 N–H and O–H groups in total. The Labute approximate surface area is 116 Å². The average molecular weight is 256 g/mol. The second-order valence-electron chi connectivity index (χ2n) is 7.40. The normalized spacial score (nSPS) is 43.7. The molecule has 0 radical (unpaired) electrons. The highest BCUT2D eigenvalue weighted by atomic mass is 16.3. The van der Waals surface area contributed by atoms with E-state index in [9.17, 15) is 5.11 Å². The van der Waals surface area contributed by atoms with Crippen LogP contribution in [0.5, 0.6) is 0 Å². The number of aryl methyl sites for hydroxylation is 1. The molecular weight excluding hydrogens is 232 g/mol. The van der Waals surface area contributed by atoms with Gasteiger partial charge in [-0.05, 0) is 73.8 Å². The van der Waals surface area contributed by atoms with Crippen LogP contribution in [0.15, 0.2) is 24.3 Å². The lowest BCUT2D eigenvalue weighted by molar-refractivity contribution is -0.171. The summed E-state index contributed by atoms with van der Waals surface area (Å²) in [6.45, 7) is 2.18. The molecule has 0 amide bonds. The van der Waals surface area contributed by atoms with Gasteiger partial charge in [-0.3, -0.25) is 0 Å². The summed E-state index contributed by atoms with van der Waals surface area (Å²) in [5.41, 5.74) is 2.29. The van der Waals surface area contributed by atoms with E-state index in [-0.39, 0.29) is 0 Å². The Hall–Kier alpha value is -0.820. The van der Waals surface area contributed by atoms with Crippen LogP contribution in [0.1, 0.15) is 43.2 Å². The molecule has 4 bridgehead atoms. The van der Waals surface area contributed by atoms with Gasteiger partial charge < -0.3 is 5.11 Å². The molecule has 4 saturated carbocycles. The molecule has 19 heavy (non-hydrogen) atoms. The summed E-state index contributed by atoms with van der Waals surface area (Å²) >= 11 is 0. The molecule has 4 aliphatic carbocycles. The van der Waals surface area contributed by atoms with Crippen molar-refractivity contribution in [2.45, 2.75) is 51.0 Å². The van der Waals surface area contributed by atoms with E-state index in [1.54, 1.807) is 0 Å². The van der Waals surface area contributed by atoms with Gasteiger partial charge in [-0.15, -0.1) is 0 Å². The van der Waals surface area contributed by atoms with Crippen LogP contribution in [0, 0.1) is 30.6 Å². The average Bonchev–Trinajstić information content (AvgIpc) is 2.38. The van der Waals surface area contributed by atoms with Gasteiger partial charge in [-0.25, -0.2) is 0 Å². The molecule has 0 unspecified atom stereocenters. The molecule has 0 saturated heterocycles. The van der Waals surface area contributed by atoms with Gasteiger partial charge in [0.25, 0.3) is 0 Å². The molecule has 1 heteroatoms. The van der Waals surface area contributed by atoms with Crippen molar-refractivity contribution in [1.29, 1.82) is 0 Å². The number of benzene rings is 1. The number of rotatable bonds is 2. The largest absolute Gasteiger partial charge is 0.389 e. The van der Waals surface area contributed by atoms with Crippen LogP contribution in [-0.2, 0) is 6.42 Å². The third kappa shape index (κ3) is 1.78. The van der Waals surface area contributed by atoms with Gasteiger partial charge >= 0.3 is 0 Å². The maximum Gasteiger partial charge on any atom is 0.0744 e. The highest BCUT2D eigenvalue weighted by Gasteiger charge is 2.56. The number of hydrogen-bond donors (Lipinski definition) is 1. The van der Waals surface area contributed by atoms with E-state index in [2.05, 4.69) is 31.2 Å². The molecule has 0 atom stereocenters. The minimum Gasteiger partial charge on any atom is -0.389 e. The summed E-state index contributed by atoms with van der Waals surface area (Å²) in [5, 5.41) is 11.4. The molecule has 0 aliphatic heterocycles. The van der Waals surface area contributed by atoms with E-state index in [1.165, 1.54) is 43.2 Å². The third-order valence-corrected chi connectivity index (χ3v) is 6.29. The van der Waals surface area contributed by atoms with Crippen LogP contribution in [0.3, 0.4) is 0 Å². The summed E-state index contributed by atoms with van der Waals surface area (Å²) in [4.78, 5) is 0. The van der Waals surface area contributed by atoms with Gasteiger partial charge in [0, 0.05) is 6.42 Å². The maximum atomic E-state index is 11.4. The Morgan fingerprint density at radius 1 is 1.00 bits per heavy atom. The molecule has 4 fully saturated rings. The second kappa shape index (κ2) is 4.09. The molecule has 5 rings (SSSR count). The maximum absolute atomic E-state index is 11.4. The zero-order valence-corrected chi connectivity index (χ0v) is 11.8. The fourth-order valence-corrected chi connectivity index (χ4v) is 5.40. The first-order valence-electron chi connectivity index (χ1n) is 7.92. The first-order chi connectivity index (χ1) is 9.15. The molecule has 0 heterocycles. The Morgan fingerprint density at radius 3 is 2.16 bits per heavy atom. The van der Waals surface area contributed by atoms with Crippen molar-refractivity contribution in [3.63, 3.8) is 0 Å². The summed E-state index contributed by atoms with van der Waals surface area (Å²) in [5.74, 6) is 3.01. The number of aliphatic hydroxyl groups is 1. The minimum absolute atomic E-state index is 0.403. The van der Waals surface area contributed by atoms with Crippen molar-refractivity contribution in [3.8, 4) is 0 Å². The molecular formula is C18H24O. The summed E-state index contributed by atoms with van der Waals surface area (Å²) in [6.07, 6.45) is 7.48. The van der Waals surface area contributed by atoms with Crippen molar-refractivity contribution in [3.05, 3.63) is 35.4 Å². The molecule has 1 nitrogen and oxygen atoms in total. The zero-order valence-electron chi connectivity index (χ0n) is 11.8. The Morgan fingerprint density at radius 2 is 1.58 bits per heavy atom. The van der Waals surface area contributed by atoms with Crippen molar-refractivity contribution in [2.75, 3.05) is 0 Å². The van der Waals surface area contributed by atoms with E-state index in [1.807, 2.05) is 0 Å². The van der Waals surface area contributed by atoms with Gasteiger partial charge in [0.15, 0.2) is 0 Å². The molecule has 4 aliphatic rings. The summed E-state index contributed by atoms with van der Waals surface area (Å²) < 4.78 is 0. The Balaban J connectivity index is 1.65. The van der Waals surface area contributed by atoms with Crippen LogP contribution >= 0.6 is 0 Å². The Kier molecular flexibility index (Phi) is 2.57. The van der Waals surface area contributed by atoms with Crippen LogP contribution in [0.4, 0.5) is 0 Å². The zero-order chi connectivity index (χ0) is 13.0. The molecule has 102 valence electrons. The van der Waals surface area contributed by atoms with Gasteiger partial charge in [0.05, 0.1) is 5.60 Å². The molecule has 0 spiro atoms. The van der Waals surface area contributed by atoms with Crippen molar-refractivity contribution in [1.82, 2.24) is 0 Å². The smallest absolute Gasteiger partial charge is 0.0744 e. The lowest BCUT2D eigenvalue weighted by atomic mass is 9.49. The highest BCUT2D eigenvalue weighted by Crippen LogP contribution is 2.59. The van der Waals surface area contributed by atoms with Crippen LogP contribution in [0.25, 0.3) is 0 Å². The molecule has 1 aromatic carbocycles. The summed E-state index contributed by atoms with van der Waals surface area (Å²) in [7, 11) is 0. The lowest BCUT2D eigenvalue weighted by Crippen LogP contribution is -2.58. The first-order valence-corrected chi connectivity index (χ1v) is 7.92. The molecule has 0 aromatic heterocycles.